The second-order valence-electron chi connectivity index (χ2n) is 6.18. The van der Waals surface area contributed by atoms with Crippen LogP contribution in [0, 0.1) is 0 Å². The lowest BCUT2D eigenvalue weighted by Crippen LogP contribution is -2.20. The molecule has 0 rings (SSSR count). The minimum absolute atomic E-state index is 0.172. The average Bonchev–Trinajstić information content (AvgIpc) is 2.45. The maximum absolute atomic E-state index is 14.2. The summed E-state index contributed by atoms with van der Waals surface area (Å²) in [4.78, 5) is 11.8. The minimum atomic E-state index is -1.38. The Bertz CT molecular complexity index is 439. The zero-order valence-corrected chi connectivity index (χ0v) is 15.6. The van der Waals surface area contributed by atoms with Crippen molar-refractivity contribution in [2.24, 2.45) is 0 Å². The van der Waals surface area contributed by atoms with E-state index in [1.165, 1.54) is 0 Å². The van der Waals surface area contributed by atoms with Crippen LogP contribution in [-0.2, 0) is 9.53 Å². The van der Waals surface area contributed by atoms with E-state index in [4.69, 9.17) is 4.74 Å². The molecular weight excluding hydrogens is 291 g/mol. The van der Waals surface area contributed by atoms with Crippen LogP contribution in [0.5, 0.6) is 0 Å². The predicted molar refractivity (Wildman–Crippen MR) is 96.2 cm³/mol. The van der Waals surface area contributed by atoms with Crippen LogP contribution in [0.3, 0.4) is 0 Å². The van der Waals surface area contributed by atoms with Crippen LogP contribution in [0.15, 0.2) is 35.5 Å². The van der Waals surface area contributed by atoms with Crippen LogP contribution in [0.1, 0.15) is 73.6 Å². The third-order valence-corrected chi connectivity index (χ3v) is 3.55. The summed E-state index contributed by atoms with van der Waals surface area (Å²) in [6.07, 6.45) is 10.9. The minimum Gasteiger partial charge on any atom is -0.457 e. The van der Waals surface area contributed by atoms with E-state index >= 15 is 0 Å². The van der Waals surface area contributed by atoms with Gasteiger partial charge in [-0.15, -0.1) is 0 Å². The highest BCUT2D eigenvalue weighted by Gasteiger charge is 2.20. The van der Waals surface area contributed by atoms with Crippen molar-refractivity contribution in [1.82, 2.24) is 0 Å². The summed E-state index contributed by atoms with van der Waals surface area (Å²) < 4.78 is 19.8. The van der Waals surface area contributed by atoms with E-state index in [0.29, 0.717) is 12.0 Å². The number of hydrogen-bond acceptors (Lipinski definition) is 2. The fourth-order valence-corrected chi connectivity index (χ4v) is 2.28. The van der Waals surface area contributed by atoms with Crippen molar-refractivity contribution in [2.45, 2.75) is 85.4 Å². The van der Waals surface area contributed by atoms with Gasteiger partial charge in [-0.2, -0.15) is 0 Å². The molecule has 0 amide bonds. The molecule has 0 aromatic rings. The lowest BCUT2D eigenvalue weighted by Gasteiger charge is -2.20. The monoisotopic (exact) mass is 324 g/mol. The first kappa shape index (κ1) is 21.6. The van der Waals surface area contributed by atoms with E-state index in [0.717, 1.165) is 31.3 Å². The number of ether oxygens (including phenoxy) is 1. The number of carbonyl (C=O) groups excluding carboxylic acids is 1. The van der Waals surface area contributed by atoms with Gasteiger partial charge in [-0.3, -0.25) is 4.79 Å². The number of carbonyl (C=O) groups is 1. The van der Waals surface area contributed by atoms with E-state index in [9.17, 15) is 9.18 Å². The lowest BCUT2D eigenvalue weighted by molar-refractivity contribution is -0.147. The van der Waals surface area contributed by atoms with Crippen molar-refractivity contribution in [2.75, 3.05) is 0 Å². The smallest absolute Gasteiger partial charge is 0.306 e. The first-order chi connectivity index (χ1) is 10.8. The van der Waals surface area contributed by atoms with Gasteiger partial charge in [0.2, 0.25) is 0 Å². The van der Waals surface area contributed by atoms with Gasteiger partial charge in [0.15, 0.2) is 0 Å². The molecule has 0 radical (unpaired) electrons. The van der Waals surface area contributed by atoms with Crippen molar-refractivity contribution in [1.29, 1.82) is 0 Å². The van der Waals surface area contributed by atoms with Gasteiger partial charge < -0.3 is 4.74 Å². The number of hydrogen-bond donors (Lipinski definition) is 0. The average molecular weight is 324 g/mol. The summed E-state index contributed by atoms with van der Waals surface area (Å²) in [5.41, 5.74) is 0.182. The molecule has 1 atom stereocenters. The molecule has 1 unspecified atom stereocenters. The topological polar surface area (TPSA) is 26.3 Å². The van der Waals surface area contributed by atoms with E-state index < -0.39 is 5.67 Å². The van der Waals surface area contributed by atoms with Crippen LogP contribution >= 0.6 is 0 Å². The standard InChI is InChI=1S/C20H33FO2/c1-7-11-17(20(5,6)21)15-14-16(10-4)18(12-8-2)23-19(22)13-9-3/h10-11,14-15,18H,7-9,12-13H2,1-6H3/b15-14-,16-10+,17-11+. The van der Waals surface area contributed by atoms with Gasteiger partial charge in [-0.25, -0.2) is 4.39 Å². The molecule has 0 bridgehead atoms. The van der Waals surface area contributed by atoms with Crippen LogP contribution < -0.4 is 0 Å². The van der Waals surface area contributed by atoms with Gasteiger partial charge in [0, 0.05) is 6.42 Å². The Labute approximate surface area is 141 Å². The van der Waals surface area contributed by atoms with E-state index in [1.807, 2.05) is 39.0 Å². The van der Waals surface area contributed by atoms with Gasteiger partial charge in [-0.05, 0) is 51.2 Å². The molecule has 0 aromatic heterocycles. The van der Waals surface area contributed by atoms with Crippen molar-refractivity contribution in [3.05, 3.63) is 35.5 Å². The Hall–Kier alpha value is -1.38. The van der Waals surface area contributed by atoms with Crippen molar-refractivity contribution >= 4 is 5.97 Å². The number of halogens is 1. The highest BCUT2D eigenvalue weighted by molar-refractivity contribution is 5.69. The number of alkyl halides is 1. The first-order valence-corrected chi connectivity index (χ1v) is 8.73. The second-order valence-corrected chi connectivity index (χ2v) is 6.18. The van der Waals surface area contributed by atoms with E-state index in [1.54, 1.807) is 19.9 Å². The zero-order valence-electron chi connectivity index (χ0n) is 15.6. The van der Waals surface area contributed by atoms with Crippen molar-refractivity contribution in [3.8, 4) is 0 Å². The van der Waals surface area contributed by atoms with Crippen LogP contribution in [0.25, 0.3) is 0 Å². The van der Waals surface area contributed by atoms with Crippen LogP contribution in [-0.4, -0.2) is 17.7 Å². The summed E-state index contributed by atoms with van der Waals surface area (Å²) in [7, 11) is 0. The Balaban J connectivity index is 5.24. The quantitative estimate of drug-likeness (QED) is 0.359. The zero-order chi connectivity index (χ0) is 17.9. The molecule has 0 spiro atoms. The number of esters is 1. The largest absolute Gasteiger partial charge is 0.457 e. The number of allylic oxidation sites excluding steroid dienone is 4. The fraction of sp³-hybridized carbons (Fsp3) is 0.650. The first-order valence-electron chi connectivity index (χ1n) is 8.73. The third-order valence-electron chi connectivity index (χ3n) is 3.55. The second kappa shape index (κ2) is 11.2. The Morgan fingerprint density at radius 3 is 2.26 bits per heavy atom. The molecule has 3 heteroatoms. The Kier molecular flexibility index (Phi) is 10.5. The predicted octanol–water partition coefficient (Wildman–Crippen LogP) is 6.09. The summed E-state index contributed by atoms with van der Waals surface area (Å²) in [6, 6.07) is 0. The Morgan fingerprint density at radius 1 is 1.17 bits per heavy atom. The molecule has 132 valence electrons. The van der Waals surface area contributed by atoms with Gasteiger partial charge in [0.1, 0.15) is 11.8 Å². The molecule has 0 aliphatic heterocycles. The maximum atomic E-state index is 14.2. The highest BCUT2D eigenvalue weighted by atomic mass is 19.1. The normalized spacial score (nSPS) is 15.1. The Morgan fingerprint density at radius 2 is 1.83 bits per heavy atom. The molecule has 23 heavy (non-hydrogen) atoms. The molecule has 0 heterocycles. The van der Waals surface area contributed by atoms with Gasteiger partial charge in [0.05, 0.1) is 0 Å². The van der Waals surface area contributed by atoms with Gasteiger partial charge in [0.25, 0.3) is 0 Å². The molecule has 2 nitrogen and oxygen atoms in total. The van der Waals surface area contributed by atoms with E-state index in [2.05, 4.69) is 6.92 Å². The van der Waals surface area contributed by atoms with Gasteiger partial charge >= 0.3 is 5.97 Å². The van der Waals surface area contributed by atoms with Gasteiger partial charge in [-0.1, -0.05) is 51.5 Å². The van der Waals surface area contributed by atoms with Crippen LogP contribution in [0.2, 0.25) is 0 Å². The summed E-state index contributed by atoms with van der Waals surface area (Å²) >= 11 is 0. The molecule has 0 N–H and O–H groups in total. The molecule has 0 aromatic carbocycles. The maximum Gasteiger partial charge on any atom is 0.306 e. The van der Waals surface area contributed by atoms with Crippen LogP contribution in [0.4, 0.5) is 4.39 Å². The highest BCUT2D eigenvalue weighted by Crippen LogP contribution is 2.24. The molecule has 0 aliphatic rings. The SMILES string of the molecule is C\C=C(/C=C\C(=C/CC)C(C)(C)F)C(CCC)OC(=O)CCC. The molecule has 0 aliphatic carbocycles. The van der Waals surface area contributed by atoms with Crippen molar-refractivity contribution < 1.29 is 13.9 Å². The summed E-state index contributed by atoms with van der Waals surface area (Å²) in [5, 5.41) is 0. The molecule has 0 saturated carbocycles. The summed E-state index contributed by atoms with van der Waals surface area (Å²) in [6.45, 7) is 11.0. The molecular formula is C20H33FO2. The van der Waals surface area contributed by atoms with Crippen molar-refractivity contribution in [3.63, 3.8) is 0 Å². The molecule has 0 fully saturated rings. The van der Waals surface area contributed by atoms with E-state index in [-0.39, 0.29) is 12.1 Å². The lowest BCUT2D eigenvalue weighted by atomic mass is 9.96. The number of rotatable bonds is 10. The fourth-order valence-electron chi connectivity index (χ4n) is 2.28. The third kappa shape index (κ3) is 8.73. The molecule has 0 saturated heterocycles. The summed E-state index contributed by atoms with van der Waals surface area (Å²) in [5.74, 6) is -0.172.